The van der Waals surface area contributed by atoms with E-state index in [9.17, 15) is 4.79 Å². The second-order valence-electron chi connectivity index (χ2n) is 4.00. The van der Waals surface area contributed by atoms with E-state index in [1.165, 1.54) is 6.33 Å². The summed E-state index contributed by atoms with van der Waals surface area (Å²) in [6.45, 7) is 2.27. The Morgan fingerprint density at radius 2 is 2.20 bits per heavy atom. The fraction of sp³-hybridized carbons (Fsp3) is 0.250. The van der Waals surface area contributed by atoms with Crippen molar-refractivity contribution in [3.05, 3.63) is 42.5 Å². The number of amides is 1. The largest absolute Gasteiger partial charge is 0.348 e. The normalized spacial score (nSPS) is 10.9. The lowest BCUT2D eigenvalue weighted by molar-refractivity contribution is 0.0941. The number of nitrogens with zero attached hydrogens (tertiary/aromatic N) is 3. The molecule has 0 radical (unpaired) electrons. The SMILES string of the molecule is C[C@@H](CN)NC(=O)c1cccc(-n2cncn2)c1.Cl.Cl. The molecule has 0 aliphatic carbocycles. The molecule has 1 aromatic heterocycles. The molecule has 2 aromatic rings. The van der Waals surface area contributed by atoms with E-state index in [1.807, 2.05) is 13.0 Å². The Hall–Kier alpha value is -1.63. The molecule has 0 aliphatic heterocycles. The van der Waals surface area contributed by atoms with Crippen LogP contribution in [0.2, 0.25) is 0 Å². The van der Waals surface area contributed by atoms with Crippen molar-refractivity contribution in [3.8, 4) is 5.69 Å². The maximum absolute atomic E-state index is 11.9. The molecular weight excluding hydrogens is 301 g/mol. The van der Waals surface area contributed by atoms with Gasteiger partial charge in [-0.25, -0.2) is 9.67 Å². The molecule has 1 atom stereocenters. The van der Waals surface area contributed by atoms with E-state index in [0.29, 0.717) is 12.1 Å². The number of nitrogens with one attached hydrogen (secondary N) is 1. The summed E-state index contributed by atoms with van der Waals surface area (Å²) in [5.41, 5.74) is 6.83. The van der Waals surface area contributed by atoms with E-state index in [0.717, 1.165) is 5.69 Å². The maximum atomic E-state index is 11.9. The summed E-state index contributed by atoms with van der Waals surface area (Å²) in [5.74, 6) is -0.144. The zero-order valence-electron chi connectivity index (χ0n) is 10.9. The van der Waals surface area contributed by atoms with Gasteiger partial charge in [-0.2, -0.15) is 5.10 Å². The minimum absolute atomic E-state index is 0. The van der Waals surface area contributed by atoms with Crippen LogP contribution in [-0.4, -0.2) is 33.3 Å². The van der Waals surface area contributed by atoms with Gasteiger partial charge in [0.05, 0.1) is 5.69 Å². The highest BCUT2D eigenvalue weighted by Gasteiger charge is 2.09. The van der Waals surface area contributed by atoms with Gasteiger partial charge in [-0.15, -0.1) is 24.8 Å². The second kappa shape index (κ2) is 8.52. The number of hydrogen-bond acceptors (Lipinski definition) is 4. The summed E-state index contributed by atoms with van der Waals surface area (Å²) < 4.78 is 1.60. The predicted octanol–water partition coefficient (Wildman–Crippen LogP) is 1.19. The third-order valence-electron chi connectivity index (χ3n) is 2.52. The molecule has 3 N–H and O–H groups in total. The number of rotatable bonds is 4. The molecule has 1 heterocycles. The van der Waals surface area contributed by atoms with Crippen LogP contribution >= 0.6 is 24.8 Å². The Bertz CT molecular complexity index is 532. The monoisotopic (exact) mass is 317 g/mol. The van der Waals surface area contributed by atoms with Crippen LogP contribution in [0, 0.1) is 0 Å². The molecule has 1 aromatic carbocycles. The quantitative estimate of drug-likeness (QED) is 0.886. The van der Waals surface area contributed by atoms with E-state index in [-0.39, 0.29) is 36.8 Å². The zero-order chi connectivity index (χ0) is 13.0. The molecule has 0 spiro atoms. The van der Waals surface area contributed by atoms with E-state index < -0.39 is 0 Å². The molecule has 6 nitrogen and oxygen atoms in total. The minimum atomic E-state index is -0.144. The first-order chi connectivity index (χ1) is 8.70. The topological polar surface area (TPSA) is 85.8 Å². The van der Waals surface area contributed by atoms with Crippen molar-refractivity contribution in [3.63, 3.8) is 0 Å². The van der Waals surface area contributed by atoms with Gasteiger partial charge in [0, 0.05) is 18.2 Å². The van der Waals surface area contributed by atoms with Gasteiger partial charge in [0.25, 0.3) is 5.91 Å². The Labute approximate surface area is 129 Å². The van der Waals surface area contributed by atoms with Crippen LogP contribution in [0.1, 0.15) is 17.3 Å². The van der Waals surface area contributed by atoms with Crippen LogP contribution in [0.3, 0.4) is 0 Å². The lowest BCUT2D eigenvalue weighted by atomic mass is 10.1. The summed E-state index contributed by atoms with van der Waals surface area (Å²) >= 11 is 0. The Morgan fingerprint density at radius 1 is 1.45 bits per heavy atom. The van der Waals surface area contributed by atoms with Crippen LogP contribution in [0.25, 0.3) is 5.69 Å². The Kier molecular flexibility index (Phi) is 7.83. The van der Waals surface area contributed by atoms with Gasteiger partial charge in [-0.1, -0.05) is 6.07 Å². The van der Waals surface area contributed by atoms with Crippen molar-refractivity contribution in [2.45, 2.75) is 13.0 Å². The van der Waals surface area contributed by atoms with Crippen LogP contribution in [-0.2, 0) is 0 Å². The lowest BCUT2D eigenvalue weighted by Crippen LogP contribution is -2.37. The maximum Gasteiger partial charge on any atom is 0.251 e. The van der Waals surface area contributed by atoms with Crippen molar-refractivity contribution in [1.82, 2.24) is 20.1 Å². The molecule has 0 fully saturated rings. The second-order valence-corrected chi connectivity index (χ2v) is 4.00. The molecule has 20 heavy (non-hydrogen) atoms. The summed E-state index contributed by atoms with van der Waals surface area (Å²) in [7, 11) is 0. The number of carbonyl (C=O) groups is 1. The van der Waals surface area contributed by atoms with Gasteiger partial charge in [-0.3, -0.25) is 4.79 Å². The first-order valence-electron chi connectivity index (χ1n) is 5.66. The molecule has 1 amide bonds. The smallest absolute Gasteiger partial charge is 0.251 e. The van der Waals surface area contributed by atoms with Crippen LogP contribution in [0.5, 0.6) is 0 Å². The fourth-order valence-corrected chi connectivity index (χ4v) is 1.50. The van der Waals surface area contributed by atoms with Gasteiger partial charge < -0.3 is 11.1 Å². The first kappa shape index (κ1) is 18.4. The van der Waals surface area contributed by atoms with Crippen molar-refractivity contribution in [2.75, 3.05) is 6.54 Å². The minimum Gasteiger partial charge on any atom is -0.348 e. The third kappa shape index (κ3) is 4.48. The lowest BCUT2D eigenvalue weighted by Gasteiger charge is -2.11. The average Bonchev–Trinajstić information content (AvgIpc) is 2.92. The Morgan fingerprint density at radius 3 is 2.80 bits per heavy atom. The van der Waals surface area contributed by atoms with Gasteiger partial charge >= 0.3 is 0 Å². The Balaban J connectivity index is 0.00000180. The highest BCUT2D eigenvalue weighted by atomic mass is 35.5. The summed E-state index contributed by atoms with van der Waals surface area (Å²) in [6, 6.07) is 7.12. The molecule has 0 bridgehead atoms. The number of nitrogens with two attached hydrogens (primary N) is 1. The summed E-state index contributed by atoms with van der Waals surface area (Å²) in [6.07, 6.45) is 3.03. The van der Waals surface area contributed by atoms with E-state index in [2.05, 4.69) is 15.4 Å². The zero-order valence-corrected chi connectivity index (χ0v) is 12.5. The highest BCUT2D eigenvalue weighted by Crippen LogP contribution is 2.09. The molecule has 0 saturated heterocycles. The number of aromatic nitrogens is 3. The van der Waals surface area contributed by atoms with Gasteiger partial charge in [0.2, 0.25) is 0 Å². The molecule has 0 saturated carbocycles. The van der Waals surface area contributed by atoms with Crippen molar-refractivity contribution >= 4 is 30.7 Å². The molecule has 0 unspecified atom stereocenters. The van der Waals surface area contributed by atoms with Gasteiger partial charge in [0.1, 0.15) is 12.7 Å². The molecule has 0 aliphatic rings. The van der Waals surface area contributed by atoms with E-state index in [1.54, 1.807) is 29.2 Å². The highest BCUT2D eigenvalue weighted by molar-refractivity contribution is 5.94. The van der Waals surface area contributed by atoms with E-state index >= 15 is 0 Å². The van der Waals surface area contributed by atoms with Crippen molar-refractivity contribution in [2.24, 2.45) is 5.73 Å². The molecule has 8 heteroatoms. The predicted molar refractivity (Wildman–Crippen MR) is 81.8 cm³/mol. The summed E-state index contributed by atoms with van der Waals surface area (Å²) in [4.78, 5) is 15.8. The van der Waals surface area contributed by atoms with Crippen LogP contribution in [0.15, 0.2) is 36.9 Å². The van der Waals surface area contributed by atoms with Crippen molar-refractivity contribution in [1.29, 1.82) is 0 Å². The van der Waals surface area contributed by atoms with Crippen LogP contribution in [0.4, 0.5) is 0 Å². The van der Waals surface area contributed by atoms with Crippen molar-refractivity contribution < 1.29 is 4.79 Å². The fourth-order valence-electron chi connectivity index (χ4n) is 1.50. The standard InChI is InChI=1S/C12H15N5O.2ClH/c1-9(6-13)16-12(18)10-3-2-4-11(5-10)17-8-14-7-15-17;;/h2-5,7-9H,6,13H2,1H3,(H,16,18);2*1H/t9-;;/m0../s1. The molecule has 110 valence electrons. The van der Waals surface area contributed by atoms with Gasteiger partial charge in [0.15, 0.2) is 0 Å². The van der Waals surface area contributed by atoms with Gasteiger partial charge in [-0.05, 0) is 25.1 Å². The number of benzene rings is 1. The average molecular weight is 318 g/mol. The first-order valence-corrected chi connectivity index (χ1v) is 5.66. The molecule has 2 rings (SSSR count). The summed E-state index contributed by atoms with van der Waals surface area (Å²) in [5, 5.41) is 6.83. The number of halogens is 2. The third-order valence-corrected chi connectivity index (χ3v) is 2.52. The molecular formula is C12H17Cl2N5O. The van der Waals surface area contributed by atoms with E-state index in [4.69, 9.17) is 5.73 Å². The van der Waals surface area contributed by atoms with Crippen LogP contribution < -0.4 is 11.1 Å². The number of hydrogen-bond donors (Lipinski definition) is 2. The number of carbonyl (C=O) groups excluding carboxylic acids is 1.